The minimum absolute atomic E-state index is 0.0307. The Labute approximate surface area is 219 Å². The summed E-state index contributed by atoms with van der Waals surface area (Å²) in [5.41, 5.74) is 5.22. The van der Waals surface area contributed by atoms with Crippen LogP contribution in [0.15, 0.2) is 72.8 Å². The van der Waals surface area contributed by atoms with Crippen LogP contribution in [-0.2, 0) is 16.5 Å². The first kappa shape index (κ1) is 25.5. The number of fused-ring (bicyclic) bond motifs is 3. The van der Waals surface area contributed by atoms with Gasteiger partial charge in [-0.25, -0.2) is 0 Å². The highest BCUT2D eigenvalue weighted by molar-refractivity contribution is 7.86. The molecule has 0 saturated carbocycles. The van der Waals surface area contributed by atoms with Crippen LogP contribution in [0.1, 0.15) is 53.1 Å². The number of amides is 1. The van der Waals surface area contributed by atoms with E-state index in [0.717, 1.165) is 68.1 Å². The molecule has 3 aromatic carbocycles. The summed E-state index contributed by atoms with van der Waals surface area (Å²) >= 11 is 0. The predicted molar refractivity (Wildman–Crippen MR) is 146 cm³/mol. The molecule has 1 fully saturated rings. The van der Waals surface area contributed by atoms with Gasteiger partial charge >= 0.3 is 10.1 Å². The maximum atomic E-state index is 12.6. The zero-order valence-corrected chi connectivity index (χ0v) is 22.0. The number of likely N-dealkylation sites (tertiary alicyclic amines) is 1. The van der Waals surface area contributed by atoms with E-state index in [4.69, 9.17) is 4.18 Å². The predicted octanol–water partition coefficient (Wildman–Crippen LogP) is 5.01. The maximum absolute atomic E-state index is 12.6. The van der Waals surface area contributed by atoms with E-state index in [1.807, 2.05) is 48.5 Å². The molecule has 37 heavy (non-hydrogen) atoms. The first-order valence-corrected chi connectivity index (χ1v) is 14.9. The van der Waals surface area contributed by atoms with Crippen molar-refractivity contribution in [3.8, 4) is 16.9 Å². The van der Waals surface area contributed by atoms with E-state index in [2.05, 4.69) is 28.4 Å². The molecule has 2 aliphatic rings. The third kappa shape index (κ3) is 6.05. The second-order valence-electron chi connectivity index (χ2n) is 10.1. The molecule has 1 heterocycles. The van der Waals surface area contributed by atoms with Crippen molar-refractivity contribution in [3.05, 3.63) is 89.5 Å². The average molecular weight is 519 g/mol. The van der Waals surface area contributed by atoms with Crippen molar-refractivity contribution in [2.45, 2.75) is 44.1 Å². The molecule has 1 N–H and O–H groups in total. The van der Waals surface area contributed by atoms with Gasteiger partial charge in [0.1, 0.15) is 5.75 Å². The molecule has 7 heteroatoms. The molecule has 1 aliphatic carbocycles. The summed E-state index contributed by atoms with van der Waals surface area (Å²) in [6.07, 6.45) is 5.98. The lowest BCUT2D eigenvalue weighted by Gasteiger charge is -2.34. The van der Waals surface area contributed by atoms with Gasteiger partial charge in [0.2, 0.25) is 0 Å². The Morgan fingerprint density at radius 1 is 0.946 bits per heavy atom. The van der Waals surface area contributed by atoms with Gasteiger partial charge in [0.25, 0.3) is 5.91 Å². The fraction of sp³-hybridized carbons (Fsp3) is 0.367. The van der Waals surface area contributed by atoms with Crippen LogP contribution >= 0.6 is 0 Å². The molecule has 1 aliphatic heterocycles. The summed E-state index contributed by atoms with van der Waals surface area (Å²) in [7, 11) is -3.54. The number of carbonyl (C=O) groups excluding carboxylic acids is 1. The Kier molecular flexibility index (Phi) is 7.63. The number of nitrogens with one attached hydrogen (secondary N) is 1. The minimum Gasteiger partial charge on any atom is -0.382 e. The molecule has 6 nitrogen and oxygen atoms in total. The lowest BCUT2D eigenvalue weighted by Crippen LogP contribution is -2.36. The molecular formula is C30H34N2O4S. The molecular weight excluding hydrogens is 484 g/mol. The van der Waals surface area contributed by atoms with Gasteiger partial charge in [-0.1, -0.05) is 54.6 Å². The topological polar surface area (TPSA) is 75.7 Å². The largest absolute Gasteiger partial charge is 0.382 e. The number of carbonyl (C=O) groups is 1. The van der Waals surface area contributed by atoms with Crippen LogP contribution in [0.25, 0.3) is 11.1 Å². The van der Waals surface area contributed by atoms with E-state index in [0.29, 0.717) is 29.8 Å². The van der Waals surface area contributed by atoms with Crippen LogP contribution in [-0.4, -0.2) is 51.2 Å². The number of benzene rings is 3. The zero-order chi connectivity index (χ0) is 25.8. The van der Waals surface area contributed by atoms with E-state index >= 15 is 0 Å². The standard InChI is InChI=1S/C30H34N2O4S/c1-37(34,35)36-29-11-7-10-25-26-18-21-32(28(26)17-16-27(25)29)20-6-5-19-31-30(33)24-14-12-23(13-15-24)22-8-3-2-4-9-22/h2-4,7-15,26,28H,5-6,16-21H2,1H3,(H,31,33)/t26-,28-/m1/s1. The van der Waals surface area contributed by atoms with Crippen LogP contribution < -0.4 is 9.50 Å². The van der Waals surface area contributed by atoms with Gasteiger partial charge in [0.05, 0.1) is 6.26 Å². The molecule has 5 rings (SSSR count). The smallest absolute Gasteiger partial charge is 0.306 e. The molecule has 1 saturated heterocycles. The molecule has 0 radical (unpaired) electrons. The molecule has 3 aromatic rings. The van der Waals surface area contributed by atoms with Gasteiger partial charge < -0.3 is 9.50 Å². The summed E-state index contributed by atoms with van der Waals surface area (Å²) < 4.78 is 28.6. The highest BCUT2D eigenvalue weighted by atomic mass is 32.2. The number of rotatable bonds is 9. The highest BCUT2D eigenvalue weighted by Crippen LogP contribution is 2.44. The second-order valence-corrected chi connectivity index (χ2v) is 11.6. The van der Waals surface area contributed by atoms with Crippen molar-refractivity contribution in [2.75, 3.05) is 25.9 Å². The van der Waals surface area contributed by atoms with Crippen LogP contribution in [0.5, 0.6) is 5.75 Å². The van der Waals surface area contributed by atoms with Crippen LogP contribution in [0, 0.1) is 0 Å². The molecule has 194 valence electrons. The second kappa shape index (κ2) is 11.1. The Balaban J connectivity index is 1.08. The van der Waals surface area contributed by atoms with Crippen LogP contribution in [0.4, 0.5) is 0 Å². The van der Waals surface area contributed by atoms with E-state index < -0.39 is 10.1 Å². The summed E-state index contributed by atoms with van der Waals surface area (Å²) in [4.78, 5) is 15.1. The van der Waals surface area contributed by atoms with E-state index in [-0.39, 0.29) is 5.91 Å². The number of hydrogen-bond donors (Lipinski definition) is 1. The molecule has 0 unspecified atom stereocenters. The van der Waals surface area contributed by atoms with Crippen molar-refractivity contribution in [3.63, 3.8) is 0 Å². The lowest BCUT2D eigenvalue weighted by atomic mass is 9.79. The van der Waals surface area contributed by atoms with Crippen LogP contribution in [0.2, 0.25) is 0 Å². The van der Waals surface area contributed by atoms with Crippen molar-refractivity contribution in [2.24, 2.45) is 0 Å². The molecule has 1 amide bonds. The Morgan fingerprint density at radius 3 is 2.46 bits per heavy atom. The fourth-order valence-electron chi connectivity index (χ4n) is 5.86. The summed E-state index contributed by atoms with van der Waals surface area (Å²) in [5, 5.41) is 3.06. The molecule has 0 spiro atoms. The van der Waals surface area contributed by atoms with Crippen molar-refractivity contribution in [1.29, 1.82) is 0 Å². The molecule has 0 bridgehead atoms. The SMILES string of the molecule is CS(=O)(=O)Oc1cccc2c1CC[C@@H]1[C@@H]2CCN1CCCCNC(=O)c1ccc(-c2ccccc2)cc1. The van der Waals surface area contributed by atoms with Gasteiger partial charge in [-0.2, -0.15) is 8.42 Å². The van der Waals surface area contributed by atoms with Gasteiger partial charge in [0.15, 0.2) is 0 Å². The van der Waals surface area contributed by atoms with Gasteiger partial charge in [-0.15, -0.1) is 0 Å². The maximum Gasteiger partial charge on any atom is 0.306 e. The van der Waals surface area contributed by atoms with Gasteiger partial charge in [-0.3, -0.25) is 9.69 Å². The minimum atomic E-state index is -3.54. The summed E-state index contributed by atoms with van der Waals surface area (Å²) in [6, 6.07) is 24.2. The third-order valence-electron chi connectivity index (χ3n) is 7.57. The van der Waals surface area contributed by atoms with Crippen molar-refractivity contribution in [1.82, 2.24) is 10.2 Å². The van der Waals surface area contributed by atoms with Crippen molar-refractivity contribution < 1.29 is 17.4 Å². The number of hydrogen-bond acceptors (Lipinski definition) is 5. The lowest BCUT2D eigenvalue weighted by molar-refractivity contribution is 0.0952. The third-order valence-corrected chi connectivity index (χ3v) is 8.05. The average Bonchev–Trinajstić information content (AvgIpc) is 3.32. The van der Waals surface area contributed by atoms with Crippen LogP contribution in [0.3, 0.4) is 0 Å². The monoisotopic (exact) mass is 518 g/mol. The summed E-state index contributed by atoms with van der Waals surface area (Å²) in [6.45, 7) is 2.72. The quantitative estimate of drug-likeness (QED) is 0.319. The van der Waals surface area contributed by atoms with Gasteiger partial charge in [0, 0.05) is 24.1 Å². The van der Waals surface area contributed by atoms with E-state index in [1.54, 1.807) is 6.07 Å². The molecule has 2 atom stereocenters. The molecule has 0 aromatic heterocycles. The van der Waals surface area contributed by atoms with E-state index in [1.165, 1.54) is 5.56 Å². The first-order chi connectivity index (χ1) is 17.9. The van der Waals surface area contributed by atoms with Crippen molar-refractivity contribution >= 4 is 16.0 Å². The highest BCUT2D eigenvalue weighted by Gasteiger charge is 2.39. The van der Waals surface area contributed by atoms with Gasteiger partial charge in [-0.05, 0) is 85.6 Å². The number of nitrogens with zero attached hydrogens (tertiary/aromatic N) is 1. The normalized spacial score (nSPS) is 19.2. The number of unbranched alkanes of at least 4 members (excludes halogenated alkanes) is 1. The first-order valence-electron chi connectivity index (χ1n) is 13.1. The fourth-order valence-corrected chi connectivity index (χ4v) is 6.34. The Hall–Kier alpha value is -3.16. The zero-order valence-electron chi connectivity index (χ0n) is 21.2. The Morgan fingerprint density at radius 2 is 1.70 bits per heavy atom. The Bertz CT molecular complexity index is 1340. The summed E-state index contributed by atoms with van der Waals surface area (Å²) in [5.74, 6) is 0.879. The van der Waals surface area contributed by atoms with E-state index in [9.17, 15) is 13.2 Å².